The summed E-state index contributed by atoms with van der Waals surface area (Å²) in [5, 5.41) is 7.21. The van der Waals surface area contributed by atoms with Gasteiger partial charge in [-0.1, -0.05) is 33.8 Å². The number of halogens is 7. The minimum absolute atomic E-state index is 0.0259. The predicted molar refractivity (Wildman–Crippen MR) is 286 cm³/mol. The number of benzene rings is 1. The van der Waals surface area contributed by atoms with Gasteiger partial charge in [-0.05, 0) is 74.6 Å². The first kappa shape index (κ1) is 60.4. The van der Waals surface area contributed by atoms with E-state index < -0.39 is 100 Å². The van der Waals surface area contributed by atoms with Crippen LogP contribution < -0.4 is 15.6 Å². The van der Waals surface area contributed by atoms with Crippen molar-refractivity contribution < 1.29 is 67.8 Å². The molecule has 2 N–H and O–H groups in total. The number of nitrogens with zero attached hydrogens (tertiary/aromatic N) is 7. The van der Waals surface area contributed by atoms with Gasteiger partial charge in [-0.25, -0.2) is 23.2 Å². The van der Waals surface area contributed by atoms with E-state index in [1.54, 1.807) is 51.7 Å². The molecule has 80 heavy (non-hydrogen) atoms. The van der Waals surface area contributed by atoms with E-state index in [2.05, 4.69) is 10.7 Å². The van der Waals surface area contributed by atoms with Gasteiger partial charge in [0, 0.05) is 98.2 Å². The lowest BCUT2D eigenvalue weighted by atomic mass is 9.74. The molecule has 3 aliphatic heterocycles. The molecule has 26 heteroatoms. The van der Waals surface area contributed by atoms with Crippen LogP contribution in [0.5, 0.6) is 0 Å². The first-order chi connectivity index (χ1) is 37.4. The zero-order chi connectivity index (χ0) is 58.4. The molecule has 4 aromatic rings. The van der Waals surface area contributed by atoms with Crippen LogP contribution in [0.15, 0.2) is 41.3 Å². The minimum Gasteiger partial charge on any atom is -0.464 e. The molecule has 0 unspecified atom stereocenters. The topological polar surface area (TPSA) is 189 Å². The number of sulfone groups is 1. The molecule has 2 saturated heterocycles. The van der Waals surface area contributed by atoms with Crippen LogP contribution in [0.2, 0.25) is 0 Å². The minimum atomic E-state index is -4.85. The Morgan fingerprint density at radius 2 is 1.70 bits per heavy atom. The number of methoxy groups -OCH3 is 1. The van der Waals surface area contributed by atoms with Crippen molar-refractivity contribution in [1.82, 2.24) is 40.1 Å². The molecule has 1 aliphatic carbocycles. The van der Waals surface area contributed by atoms with Crippen molar-refractivity contribution in [3.05, 3.63) is 63.3 Å². The van der Waals surface area contributed by atoms with E-state index in [0.717, 1.165) is 33.6 Å². The van der Waals surface area contributed by atoms with Crippen LogP contribution in [0, 0.1) is 29.0 Å². The molecule has 6 bridgehead atoms. The van der Waals surface area contributed by atoms with Crippen LogP contribution in [-0.2, 0) is 57.9 Å². The first-order valence-corrected chi connectivity index (χ1v) is 29.4. The number of hydrogen-bond donors (Lipinski definition) is 2. The van der Waals surface area contributed by atoms with E-state index in [-0.39, 0.29) is 115 Å². The third-order valence-electron chi connectivity index (χ3n) is 15.2. The average Bonchev–Trinajstić information content (AvgIpc) is 3.99. The zero-order valence-electron chi connectivity index (χ0n) is 45.8. The number of carbonyl (C=O) groups excluding carboxylic acids is 4. The van der Waals surface area contributed by atoms with E-state index in [0.29, 0.717) is 30.5 Å². The number of fused-ring (bicyclic) bond motifs is 6. The molecule has 6 heterocycles. The summed E-state index contributed by atoms with van der Waals surface area (Å²) < 4.78 is 138. The lowest BCUT2D eigenvalue weighted by Crippen LogP contribution is -2.62. The number of carbonyl (C=O) groups is 4. The van der Waals surface area contributed by atoms with E-state index in [1.807, 2.05) is 0 Å². The molecular weight excluding hydrogens is 1100 g/mol. The monoisotopic (exact) mass is 1170 g/mol. The molecule has 3 fully saturated rings. The van der Waals surface area contributed by atoms with Crippen LogP contribution >= 0.6 is 11.3 Å². The molecule has 17 nitrogen and oxygen atoms in total. The van der Waals surface area contributed by atoms with Crippen molar-refractivity contribution in [2.45, 2.75) is 116 Å². The highest BCUT2D eigenvalue weighted by atomic mass is 32.2. The van der Waals surface area contributed by atoms with E-state index in [4.69, 9.17) is 19.4 Å². The second-order valence-corrected chi connectivity index (χ2v) is 25.5. The molecule has 1 saturated carbocycles. The summed E-state index contributed by atoms with van der Waals surface area (Å²) in [6, 6.07) is 0.620. The maximum atomic E-state index is 17.0. The summed E-state index contributed by atoms with van der Waals surface area (Å²) in [4.78, 5) is 71.0. The number of hydrogen-bond acceptors (Lipinski definition) is 14. The number of aromatic nitrogens is 3. The normalized spacial score (nSPS) is 22.5. The van der Waals surface area contributed by atoms with Gasteiger partial charge in [-0.15, -0.1) is 11.3 Å². The van der Waals surface area contributed by atoms with Crippen LogP contribution in [0.25, 0.3) is 33.4 Å². The zero-order valence-corrected chi connectivity index (χ0v) is 47.5. The number of nitrogens with one attached hydrogen (secondary N) is 2. The highest BCUT2D eigenvalue weighted by Crippen LogP contribution is 2.45. The number of ether oxygens (including phenoxy) is 2. The molecule has 0 spiro atoms. The van der Waals surface area contributed by atoms with Gasteiger partial charge >= 0.3 is 18.3 Å². The van der Waals surface area contributed by atoms with Crippen molar-refractivity contribution in [2.75, 3.05) is 71.2 Å². The average molecular weight is 1170 g/mol. The first-order valence-electron chi connectivity index (χ1n) is 26.5. The van der Waals surface area contributed by atoms with Gasteiger partial charge < -0.3 is 29.2 Å². The number of alkyl halides is 6. The molecule has 438 valence electrons. The number of amides is 3. The Bertz CT molecular complexity index is 3110. The molecule has 3 amide bonds. The fraction of sp³-hybridized carbons (Fsp3) is 0.593. The number of cyclic esters (lactones) is 1. The Morgan fingerprint density at radius 3 is 2.34 bits per heavy atom. The molecule has 1 aromatic carbocycles. The largest absolute Gasteiger partial charge is 0.464 e. The number of thiazole rings is 1. The van der Waals surface area contributed by atoms with Crippen LogP contribution in [-0.4, -0.2) is 158 Å². The fourth-order valence-corrected chi connectivity index (χ4v) is 12.5. The number of hydrazine groups is 1. The van der Waals surface area contributed by atoms with E-state index in [1.165, 1.54) is 46.6 Å². The van der Waals surface area contributed by atoms with Crippen LogP contribution in [0.1, 0.15) is 82.7 Å². The highest BCUT2D eigenvalue weighted by molar-refractivity contribution is 7.93. The molecule has 4 aliphatic rings. The second-order valence-electron chi connectivity index (χ2n) is 22.6. The van der Waals surface area contributed by atoms with Crippen molar-refractivity contribution in [3.63, 3.8) is 0 Å². The number of pyridine rings is 1. The van der Waals surface area contributed by atoms with Gasteiger partial charge in [0.15, 0.2) is 9.84 Å². The number of allylic oxidation sites excluding steroid dienone is 1. The Hall–Kier alpha value is -5.70. The maximum absolute atomic E-state index is 17.0. The Kier molecular flexibility index (Phi) is 17.9. The van der Waals surface area contributed by atoms with Gasteiger partial charge in [0.05, 0.1) is 58.7 Å². The van der Waals surface area contributed by atoms with Crippen LogP contribution in [0.4, 0.5) is 36.4 Å². The summed E-state index contributed by atoms with van der Waals surface area (Å²) in [7, 11) is -0.462. The standard InChI is InChI=1S/C54H68F7N9O8S2/c1-30(2)46(66(6)49(72)33-18-32(19-33)11-17-80(8,75)76)48(71)64-41-23-44-63-42(26-79-44)36-21-35-38(24-52(4,5)29-78-51(74)40-10-9-12-70(65-40)50(41)73)47(69(28-54(59,60)61)43(35)22-39(36)55)37-20-34(25-62-45(37)31(3)77-7)68-15-13-67(14-16-68)27-53(56,57)58/h11,17,20-22,25-26,30-33,40-41,46,65H,9-10,12-16,18-19,23-24,27-29H2,1-8H3,(H,64,71)/b17-11+/t31-,32?,33?,40-,41-,46-/m0/s1. The third-order valence-corrected chi connectivity index (χ3v) is 16.8. The Morgan fingerprint density at radius 1 is 1.01 bits per heavy atom. The number of rotatable bonds is 13. The van der Waals surface area contributed by atoms with Gasteiger partial charge in [-0.2, -0.15) is 26.3 Å². The Labute approximate surface area is 464 Å². The molecule has 8 rings (SSSR count). The summed E-state index contributed by atoms with van der Waals surface area (Å²) in [6.45, 7) is 6.27. The quantitative estimate of drug-likeness (QED) is 0.0983. The SMILES string of the molecule is CO[C@@H](C)c1ncc(N2CCN(CC(F)(F)F)CC2)cc1-c1c2c3cc(c(F)cc3n1CC(F)(F)F)-c1csc(n1)C[C@H](NC(=O)[C@H](C(C)C)N(C)C(=O)C1CC(/C=C/S(C)(=O)=O)C1)C(=O)N1CCC[C@H](N1)C(=O)OCC(C)(C)C2. The smallest absolute Gasteiger partial charge is 0.406 e. The highest BCUT2D eigenvalue weighted by Gasteiger charge is 2.42. The molecular formula is C54H68F7N9O8S2. The van der Waals surface area contributed by atoms with Crippen molar-refractivity contribution >= 4 is 61.5 Å². The molecule has 0 radical (unpaired) electrons. The van der Waals surface area contributed by atoms with Gasteiger partial charge in [0.1, 0.15) is 30.5 Å². The number of anilines is 1. The lowest BCUT2D eigenvalue weighted by Gasteiger charge is -2.39. The predicted octanol–water partition coefficient (Wildman–Crippen LogP) is 7.64. The van der Waals surface area contributed by atoms with Crippen molar-refractivity contribution in [3.8, 4) is 22.5 Å². The fourth-order valence-electron chi connectivity index (χ4n) is 11.1. The summed E-state index contributed by atoms with van der Waals surface area (Å²) in [5.41, 5.74) is 3.02. The number of esters is 1. The van der Waals surface area contributed by atoms with E-state index >= 15 is 17.6 Å². The summed E-state index contributed by atoms with van der Waals surface area (Å²) in [6.07, 6.45) is -4.86. The van der Waals surface area contributed by atoms with E-state index in [9.17, 15) is 40.8 Å². The third kappa shape index (κ3) is 14.1. The molecule has 3 aromatic heterocycles. The maximum Gasteiger partial charge on any atom is 0.406 e. The second kappa shape index (κ2) is 23.6. The lowest BCUT2D eigenvalue weighted by molar-refractivity contribution is -0.155. The van der Waals surface area contributed by atoms with Crippen molar-refractivity contribution in [1.29, 1.82) is 0 Å². The van der Waals surface area contributed by atoms with Gasteiger partial charge in [0.25, 0.3) is 5.91 Å². The number of likely N-dealkylation sites (N-methyl/N-ethyl adjacent to an activating group) is 1. The van der Waals surface area contributed by atoms with Crippen molar-refractivity contribution in [2.24, 2.45) is 23.2 Å². The summed E-state index contributed by atoms with van der Waals surface area (Å²) in [5.74, 6) is -4.34. The van der Waals surface area contributed by atoms with Crippen LogP contribution in [0.3, 0.4) is 0 Å². The van der Waals surface area contributed by atoms with Gasteiger partial charge in [-0.3, -0.25) is 34.1 Å². The Balaban J connectivity index is 1.21. The van der Waals surface area contributed by atoms with Gasteiger partial charge in [0.2, 0.25) is 11.8 Å². The number of piperazine rings is 1. The molecule has 4 atom stereocenters. The summed E-state index contributed by atoms with van der Waals surface area (Å²) >= 11 is 1.05.